The van der Waals surface area contributed by atoms with E-state index in [0.717, 1.165) is 25.2 Å². The summed E-state index contributed by atoms with van der Waals surface area (Å²) in [5.74, 6) is -0.567. The Labute approximate surface area is 128 Å². The van der Waals surface area contributed by atoms with Gasteiger partial charge in [0.15, 0.2) is 0 Å². The average Bonchev–Trinajstić information content (AvgIpc) is 2.95. The van der Waals surface area contributed by atoms with Crippen LogP contribution in [0.5, 0.6) is 0 Å². The maximum Gasteiger partial charge on any atom is 0.389 e. The summed E-state index contributed by atoms with van der Waals surface area (Å²) in [6, 6.07) is 7.83. The van der Waals surface area contributed by atoms with Gasteiger partial charge in [-0.15, -0.1) is 0 Å². The molecule has 0 aliphatic carbocycles. The normalized spacial score (nSPS) is 16.0. The van der Waals surface area contributed by atoms with E-state index in [1.807, 2.05) is 24.3 Å². The predicted molar refractivity (Wildman–Crippen MR) is 78.1 cm³/mol. The minimum absolute atomic E-state index is 0.268. The van der Waals surface area contributed by atoms with Crippen molar-refractivity contribution in [2.75, 3.05) is 13.1 Å². The SMILES string of the molecule is O=C(CCC(F)(F)F)NCc1cccc(CN2CCCC2)c1. The molecule has 0 radical (unpaired) electrons. The maximum absolute atomic E-state index is 12.0. The van der Waals surface area contributed by atoms with Gasteiger partial charge in [0.05, 0.1) is 6.42 Å². The highest BCUT2D eigenvalue weighted by Crippen LogP contribution is 2.21. The van der Waals surface area contributed by atoms with Gasteiger partial charge in [-0.1, -0.05) is 24.3 Å². The molecule has 1 saturated heterocycles. The number of benzene rings is 1. The number of halogens is 3. The number of nitrogens with one attached hydrogen (secondary N) is 1. The lowest BCUT2D eigenvalue weighted by molar-refractivity contribution is -0.144. The lowest BCUT2D eigenvalue weighted by Gasteiger charge is -2.15. The van der Waals surface area contributed by atoms with Gasteiger partial charge in [-0.2, -0.15) is 13.2 Å². The summed E-state index contributed by atoms with van der Waals surface area (Å²) in [4.78, 5) is 13.8. The second-order valence-corrected chi connectivity index (χ2v) is 5.70. The monoisotopic (exact) mass is 314 g/mol. The van der Waals surface area contributed by atoms with Gasteiger partial charge in [0.2, 0.25) is 5.91 Å². The van der Waals surface area contributed by atoms with Gasteiger partial charge in [-0.3, -0.25) is 9.69 Å². The molecule has 1 aliphatic rings. The van der Waals surface area contributed by atoms with Crippen LogP contribution in [0.25, 0.3) is 0 Å². The van der Waals surface area contributed by atoms with Crippen molar-refractivity contribution in [3.05, 3.63) is 35.4 Å². The molecule has 1 amide bonds. The van der Waals surface area contributed by atoms with E-state index in [9.17, 15) is 18.0 Å². The summed E-state index contributed by atoms with van der Waals surface area (Å²) in [5, 5.41) is 2.54. The minimum atomic E-state index is -4.28. The van der Waals surface area contributed by atoms with Crippen molar-refractivity contribution in [3.8, 4) is 0 Å². The van der Waals surface area contributed by atoms with E-state index in [-0.39, 0.29) is 6.54 Å². The summed E-state index contributed by atoms with van der Waals surface area (Å²) < 4.78 is 36.1. The summed E-state index contributed by atoms with van der Waals surface area (Å²) >= 11 is 0. The third kappa shape index (κ3) is 6.05. The molecule has 3 nitrogen and oxygen atoms in total. The molecule has 6 heteroatoms. The van der Waals surface area contributed by atoms with E-state index in [1.165, 1.54) is 18.4 Å². The molecule has 1 aliphatic heterocycles. The van der Waals surface area contributed by atoms with Crippen molar-refractivity contribution < 1.29 is 18.0 Å². The van der Waals surface area contributed by atoms with Crippen molar-refractivity contribution in [1.29, 1.82) is 0 Å². The Morgan fingerprint density at radius 3 is 2.55 bits per heavy atom. The quantitative estimate of drug-likeness (QED) is 0.874. The largest absolute Gasteiger partial charge is 0.389 e. The van der Waals surface area contributed by atoms with E-state index in [1.54, 1.807) is 0 Å². The number of rotatable bonds is 6. The molecule has 2 rings (SSSR count). The van der Waals surface area contributed by atoms with Gasteiger partial charge in [0.25, 0.3) is 0 Å². The number of hydrogen-bond acceptors (Lipinski definition) is 2. The van der Waals surface area contributed by atoms with Crippen molar-refractivity contribution in [2.45, 2.75) is 44.9 Å². The maximum atomic E-state index is 12.0. The zero-order valence-electron chi connectivity index (χ0n) is 12.5. The minimum Gasteiger partial charge on any atom is -0.352 e. The Balaban J connectivity index is 1.78. The second kappa shape index (κ2) is 7.63. The van der Waals surface area contributed by atoms with Gasteiger partial charge in [0, 0.05) is 19.5 Å². The van der Waals surface area contributed by atoms with Crippen LogP contribution in [0.3, 0.4) is 0 Å². The summed E-state index contributed by atoms with van der Waals surface area (Å²) in [6.07, 6.45) is -3.41. The fourth-order valence-corrected chi connectivity index (χ4v) is 2.58. The number of nitrogens with zero attached hydrogens (tertiary/aromatic N) is 1. The molecule has 0 saturated carbocycles. The first kappa shape index (κ1) is 16.8. The first-order chi connectivity index (χ1) is 10.4. The van der Waals surface area contributed by atoms with E-state index in [0.29, 0.717) is 0 Å². The summed E-state index contributed by atoms with van der Waals surface area (Å²) in [7, 11) is 0. The van der Waals surface area contributed by atoms with Crippen LogP contribution in [0.2, 0.25) is 0 Å². The third-order valence-electron chi connectivity index (χ3n) is 3.72. The van der Waals surface area contributed by atoms with E-state index < -0.39 is 24.9 Å². The molecule has 0 unspecified atom stereocenters. The fraction of sp³-hybridized carbons (Fsp3) is 0.562. The molecular weight excluding hydrogens is 293 g/mol. The highest BCUT2D eigenvalue weighted by molar-refractivity contribution is 5.75. The molecule has 0 spiro atoms. The van der Waals surface area contributed by atoms with Crippen LogP contribution in [-0.4, -0.2) is 30.1 Å². The van der Waals surface area contributed by atoms with Gasteiger partial charge in [-0.05, 0) is 37.1 Å². The summed E-state index contributed by atoms with van der Waals surface area (Å²) in [6.45, 7) is 3.37. The Kier molecular flexibility index (Phi) is 5.83. The van der Waals surface area contributed by atoms with E-state index in [2.05, 4.69) is 10.2 Å². The molecule has 0 aromatic heterocycles. The summed E-state index contributed by atoms with van der Waals surface area (Å²) in [5.41, 5.74) is 2.08. The Morgan fingerprint density at radius 2 is 1.86 bits per heavy atom. The molecule has 0 bridgehead atoms. The molecule has 0 atom stereocenters. The highest BCUT2D eigenvalue weighted by Gasteiger charge is 2.27. The average molecular weight is 314 g/mol. The standard InChI is InChI=1S/C16H21F3N2O/c17-16(18,19)7-6-15(22)20-11-13-4-3-5-14(10-13)12-21-8-1-2-9-21/h3-5,10H,1-2,6-9,11-12H2,(H,20,22). The van der Waals surface area contributed by atoms with Crippen LogP contribution in [-0.2, 0) is 17.9 Å². The first-order valence-electron chi connectivity index (χ1n) is 7.56. The Morgan fingerprint density at radius 1 is 1.18 bits per heavy atom. The molecule has 1 N–H and O–H groups in total. The van der Waals surface area contributed by atoms with E-state index in [4.69, 9.17) is 0 Å². The van der Waals surface area contributed by atoms with Gasteiger partial charge in [0.1, 0.15) is 0 Å². The van der Waals surface area contributed by atoms with Crippen molar-refractivity contribution >= 4 is 5.91 Å². The van der Waals surface area contributed by atoms with Crippen LogP contribution in [0, 0.1) is 0 Å². The molecule has 1 aromatic carbocycles. The van der Waals surface area contributed by atoms with E-state index >= 15 is 0 Å². The van der Waals surface area contributed by atoms with Gasteiger partial charge in [-0.25, -0.2) is 0 Å². The van der Waals surface area contributed by atoms with Crippen LogP contribution in [0.15, 0.2) is 24.3 Å². The Bertz CT molecular complexity index is 496. The van der Waals surface area contributed by atoms with Crippen molar-refractivity contribution in [3.63, 3.8) is 0 Å². The Hall–Kier alpha value is -1.56. The van der Waals surface area contributed by atoms with Crippen molar-refractivity contribution in [1.82, 2.24) is 10.2 Å². The third-order valence-corrected chi connectivity index (χ3v) is 3.72. The molecular formula is C16H21F3N2O. The zero-order valence-corrected chi connectivity index (χ0v) is 12.5. The number of carbonyl (C=O) groups is 1. The highest BCUT2D eigenvalue weighted by atomic mass is 19.4. The smallest absolute Gasteiger partial charge is 0.352 e. The number of likely N-dealkylation sites (tertiary alicyclic amines) is 1. The van der Waals surface area contributed by atoms with Crippen LogP contribution in [0.1, 0.15) is 36.8 Å². The zero-order chi connectivity index (χ0) is 16.0. The molecule has 1 heterocycles. The van der Waals surface area contributed by atoms with Gasteiger partial charge >= 0.3 is 6.18 Å². The fourth-order valence-electron chi connectivity index (χ4n) is 2.58. The molecule has 22 heavy (non-hydrogen) atoms. The lowest BCUT2D eigenvalue weighted by atomic mass is 10.1. The van der Waals surface area contributed by atoms with Gasteiger partial charge < -0.3 is 5.32 Å². The topological polar surface area (TPSA) is 32.3 Å². The number of hydrogen-bond donors (Lipinski definition) is 1. The molecule has 1 aromatic rings. The van der Waals surface area contributed by atoms with Crippen LogP contribution >= 0.6 is 0 Å². The number of alkyl halides is 3. The number of carbonyl (C=O) groups excluding carboxylic acids is 1. The van der Waals surface area contributed by atoms with Crippen LogP contribution in [0.4, 0.5) is 13.2 Å². The second-order valence-electron chi connectivity index (χ2n) is 5.70. The number of amides is 1. The first-order valence-corrected chi connectivity index (χ1v) is 7.56. The van der Waals surface area contributed by atoms with Crippen molar-refractivity contribution in [2.24, 2.45) is 0 Å². The molecule has 1 fully saturated rings. The molecule has 122 valence electrons. The van der Waals surface area contributed by atoms with Crippen LogP contribution < -0.4 is 5.32 Å². The lowest BCUT2D eigenvalue weighted by Crippen LogP contribution is -2.24. The predicted octanol–water partition coefficient (Wildman–Crippen LogP) is 3.24.